The van der Waals surface area contributed by atoms with E-state index in [2.05, 4.69) is 0 Å². The molecule has 1 amide bonds. The van der Waals surface area contributed by atoms with Crippen molar-refractivity contribution in [2.75, 3.05) is 26.3 Å². The summed E-state index contributed by atoms with van der Waals surface area (Å²) in [5.41, 5.74) is 0.153. The van der Waals surface area contributed by atoms with Crippen molar-refractivity contribution in [1.82, 2.24) is 4.90 Å². The monoisotopic (exact) mass is 387 g/mol. The highest BCUT2D eigenvalue weighted by Crippen LogP contribution is 2.22. The first-order valence-corrected chi connectivity index (χ1v) is 8.74. The van der Waals surface area contributed by atoms with E-state index in [9.17, 15) is 14.4 Å². The molecule has 1 aliphatic rings. The summed E-state index contributed by atoms with van der Waals surface area (Å²) in [6.07, 6.45) is 1.09. The number of halogens is 2. The van der Waals surface area contributed by atoms with Crippen molar-refractivity contribution in [3.05, 3.63) is 33.8 Å². The van der Waals surface area contributed by atoms with Crippen LogP contribution in [0, 0.1) is 5.92 Å². The van der Waals surface area contributed by atoms with E-state index in [1.54, 1.807) is 11.8 Å². The van der Waals surface area contributed by atoms with Gasteiger partial charge in [0.25, 0.3) is 5.91 Å². The van der Waals surface area contributed by atoms with Gasteiger partial charge in [0, 0.05) is 18.1 Å². The Kier molecular flexibility index (Phi) is 7.08. The molecule has 1 heterocycles. The van der Waals surface area contributed by atoms with E-state index in [1.807, 2.05) is 0 Å². The predicted octanol–water partition coefficient (Wildman–Crippen LogP) is 2.95. The molecule has 0 aliphatic carbocycles. The third-order valence-electron chi connectivity index (χ3n) is 3.95. The van der Waals surface area contributed by atoms with E-state index in [1.165, 1.54) is 18.2 Å². The molecule has 1 aromatic carbocycles. The van der Waals surface area contributed by atoms with Crippen LogP contribution in [0.5, 0.6) is 0 Å². The van der Waals surface area contributed by atoms with Crippen LogP contribution in [-0.2, 0) is 19.1 Å². The number of amides is 1. The minimum atomic E-state index is -0.684. The maximum Gasteiger partial charge on any atom is 0.340 e. The van der Waals surface area contributed by atoms with Gasteiger partial charge in [0.05, 0.1) is 23.1 Å². The lowest BCUT2D eigenvalue weighted by molar-refractivity contribution is -0.151. The Bertz CT molecular complexity index is 656. The van der Waals surface area contributed by atoms with Crippen molar-refractivity contribution < 1.29 is 23.9 Å². The molecule has 1 aromatic rings. The summed E-state index contributed by atoms with van der Waals surface area (Å²) in [7, 11) is 0. The molecule has 0 spiro atoms. The average Bonchev–Trinajstić information content (AvgIpc) is 2.59. The Morgan fingerprint density at radius 2 is 1.84 bits per heavy atom. The van der Waals surface area contributed by atoms with Crippen LogP contribution in [0.3, 0.4) is 0 Å². The normalized spacial score (nSPS) is 14.9. The van der Waals surface area contributed by atoms with Crippen molar-refractivity contribution in [2.24, 2.45) is 5.92 Å². The summed E-state index contributed by atoms with van der Waals surface area (Å²) in [5.74, 6) is -1.39. The minimum absolute atomic E-state index is 0.153. The van der Waals surface area contributed by atoms with Gasteiger partial charge in [0.2, 0.25) is 0 Å². The van der Waals surface area contributed by atoms with Crippen LogP contribution in [0.2, 0.25) is 10.0 Å². The van der Waals surface area contributed by atoms with Crippen LogP contribution in [-0.4, -0.2) is 49.0 Å². The Hall–Kier alpha value is -1.79. The van der Waals surface area contributed by atoms with Crippen LogP contribution in [0.25, 0.3) is 0 Å². The Morgan fingerprint density at radius 1 is 1.16 bits per heavy atom. The van der Waals surface area contributed by atoms with E-state index in [0.29, 0.717) is 37.6 Å². The van der Waals surface area contributed by atoms with Crippen molar-refractivity contribution in [3.8, 4) is 0 Å². The topological polar surface area (TPSA) is 72.9 Å². The smallest absolute Gasteiger partial charge is 0.340 e. The number of hydrogen-bond acceptors (Lipinski definition) is 5. The van der Waals surface area contributed by atoms with Crippen LogP contribution in [0.4, 0.5) is 0 Å². The Morgan fingerprint density at radius 3 is 2.44 bits per heavy atom. The number of ether oxygens (including phenoxy) is 2. The van der Waals surface area contributed by atoms with Crippen LogP contribution in [0.1, 0.15) is 30.1 Å². The number of likely N-dealkylation sites (tertiary alicyclic amines) is 1. The summed E-state index contributed by atoms with van der Waals surface area (Å²) < 4.78 is 10.0. The molecule has 0 aromatic heterocycles. The molecular weight excluding hydrogens is 369 g/mol. The van der Waals surface area contributed by atoms with Gasteiger partial charge in [-0.25, -0.2) is 4.79 Å². The van der Waals surface area contributed by atoms with Gasteiger partial charge in [0.1, 0.15) is 0 Å². The zero-order valence-electron chi connectivity index (χ0n) is 13.8. The molecule has 0 bridgehead atoms. The van der Waals surface area contributed by atoms with Gasteiger partial charge in [-0.05, 0) is 38.0 Å². The van der Waals surface area contributed by atoms with Crippen molar-refractivity contribution in [1.29, 1.82) is 0 Å². The molecule has 25 heavy (non-hydrogen) atoms. The zero-order valence-corrected chi connectivity index (χ0v) is 15.3. The number of carbonyl (C=O) groups excluding carboxylic acids is 3. The third-order valence-corrected chi connectivity index (χ3v) is 4.49. The van der Waals surface area contributed by atoms with E-state index in [-0.39, 0.29) is 35.0 Å². The Labute approximate surface area is 156 Å². The maximum absolute atomic E-state index is 12.2. The molecule has 0 saturated carbocycles. The number of piperidine rings is 1. The summed E-state index contributed by atoms with van der Waals surface area (Å²) in [6.45, 7) is 2.60. The minimum Gasteiger partial charge on any atom is -0.466 e. The first kappa shape index (κ1) is 19.5. The number of hydrogen-bond donors (Lipinski definition) is 0. The van der Waals surface area contributed by atoms with Gasteiger partial charge >= 0.3 is 11.9 Å². The first-order chi connectivity index (χ1) is 11.9. The largest absolute Gasteiger partial charge is 0.466 e. The average molecular weight is 388 g/mol. The number of carbonyl (C=O) groups is 3. The highest BCUT2D eigenvalue weighted by molar-refractivity contribution is 6.36. The van der Waals surface area contributed by atoms with E-state index in [4.69, 9.17) is 32.7 Å². The number of benzene rings is 1. The third kappa shape index (κ3) is 5.34. The van der Waals surface area contributed by atoms with Crippen molar-refractivity contribution in [3.63, 3.8) is 0 Å². The number of nitrogens with zero attached hydrogens (tertiary/aromatic N) is 1. The Balaban J connectivity index is 1.81. The molecule has 0 radical (unpaired) electrons. The molecule has 0 N–H and O–H groups in total. The quantitative estimate of drug-likeness (QED) is 0.726. The lowest BCUT2D eigenvalue weighted by atomic mass is 9.97. The van der Waals surface area contributed by atoms with Crippen LogP contribution in [0.15, 0.2) is 18.2 Å². The second-order valence-electron chi connectivity index (χ2n) is 5.61. The van der Waals surface area contributed by atoms with Crippen molar-refractivity contribution in [2.45, 2.75) is 19.8 Å². The molecule has 0 unspecified atom stereocenters. The van der Waals surface area contributed by atoms with E-state index >= 15 is 0 Å². The van der Waals surface area contributed by atoms with Gasteiger partial charge in [-0.2, -0.15) is 0 Å². The van der Waals surface area contributed by atoms with Crippen molar-refractivity contribution >= 4 is 41.0 Å². The SMILES string of the molecule is CCOC(=O)C1CCN(C(=O)COC(=O)c2ccc(Cl)cc2Cl)CC1. The molecule has 0 atom stereocenters. The summed E-state index contributed by atoms with van der Waals surface area (Å²) in [5, 5.41) is 0.572. The summed E-state index contributed by atoms with van der Waals surface area (Å²) >= 11 is 11.7. The fourth-order valence-electron chi connectivity index (χ4n) is 2.58. The van der Waals surface area contributed by atoms with E-state index in [0.717, 1.165) is 0 Å². The number of rotatable bonds is 5. The molecule has 2 rings (SSSR count). The lowest BCUT2D eigenvalue weighted by Crippen LogP contribution is -2.42. The molecule has 1 saturated heterocycles. The predicted molar refractivity (Wildman–Crippen MR) is 92.7 cm³/mol. The fourth-order valence-corrected chi connectivity index (χ4v) is 3.06. The molecule has 1 fully saturated rings. The molecule has 136 valence electrons. The second-order valence-corrected chi connectivity index (χ2v) is 6.45. The fraction of sp³-hybridized carbons (Fsp3) is 0.471. The highest BCUT2D eigenvalue weighted by Gasteiger charge is 2.28. The van der Waals surface area contributed by atoms with Gasteiger partial charge in [-0.1, -0.05) is 23.2 Å². The van der Waals surface area contributed by atoms with Crippen LogP contribution < -0.4 is 0 Å². The first-order valence-electron chi connectivity index (χ1n) is 7.99. The molecule has 1 aliphatic heterocycles. The van der Waals surface area contributed by atoms with E-state index < -0.39 is 5.97 Å². The van der Waals surface area contributed by atoms with Gasteiger partial charge in [-0.3, -0.25) is 9.59 Å². The summed E-state index contributed by atoms with van der Waals surface area (Å²) in [4.78, 5) is 37.4. The molecular formula is C17H19Cl2NO5. The second kappa shape index (κ2) is 9.06. The summed E-state index contributed by atoms with van der Waals surface area (Å²) in [6, 6.07) is 4.40. The molecule has 6 nitrogen and oxygen atoms in total. The van der Waals surface area contributed by atoms with Crippen LogP contribution >= 0.6 is 23.2 Å². The highest BCUT2D eigenvalue weighted by atomic mass is 35.5. The van der Waals surface area contributed by atoms with Gasteiger partial charge < -0.3 is 14.4 Å². The lowest BCUT2D eigenvalue weighted by Gasteiger charge is -2.30. The zero-order chi connectivity index (χ0) is 18.4. The molecule has 8 heteroatoms. The standard InChI is InChI=1S/C17H19Cl2NO5/c1-2-24-16(22)11-5-7-20(8-6-11)15(21)10-25-17(23)13-4-3-12(18)9-14(13)19/h3-4,9,11H,2,5-8,10H2,1H3. The van der Waals surface area contributed by atoms with Gasteiger partial charge in [-0.15, -0.1) is 0 Å². The van der Waals surface area contributed by atoms with Gasteiger partial charge in [0.15, 0.2) is 6.61 Å². The maximum atomic E-state index is 12.2. The number of esters is 2.